The number of carbonyl (C=O) groups is 1. The van der Waals surface area contributed by atoms with Crippen molar-refractivity contribution in [2.75, 3.05) is 32.7 Å². The number of nitrogens with zero attached hydrogens (tertiary/aromatic N) is 2. The second-order valence-electron chi connectivity index (χ2n) is 4.61. The van der Waals surface area contributed by atoms with Gasteiger partial charge in [-0.15, -0.1) is 0 Å². The number of nitrogens with one attached hydrogen (secondary N) is 1. The molecule has 0 saturated carbocycles. The van der Waals surface area contributed by atoms with Crippen LogP contribution >= 0.6 is 0 Å². The highest BCUT2D eigenvalue weighted by Gasteiger charge is 2.18. The third-order valence-electron chi connectivity index (χ3n) is 3.24. The van der Waals surface area contributed by atoms with E-state index in [1.54, 1.807) is 0 Å². The number of hydrogen-bond donors (Lipinski definition) is 2. The number of rotatable bonds is 4. The zero-order chi connectivity index (χ0) is 12.8. The number of carbonyl (C=O) groups excluding carboxylic acids is 1. The van der Waals surface area contributed by atoms with Gasteiger partial charge in [-0.1, -0.05) is 30.3 Å². The standard InChI is InChI=1S/C13H20N4O/c14-15-13(18)11-17-8-6-16(7-9-17)10-12-4-2-1-3-5-12/h1-5H,6-11,14H2,(H,15,18). The van der Waals surface area contributed by atoms with Crippen molar-refractivity contribution in [3.63, 3.8) is 0 Å². The molecule has 1 amide bonds. The van der Waals surface area contributed by atoms with Gasteiger partial charge in [0.2, 0.25) is 5.91 Å². The SMILES string of the molecule is NNC(=O)CN1CCN(Cc2ccccc2)CC1. The fourth-order valence-electron chi connectivity index (χ4n) is 2.20. The Balaban J connectivity index is 1.75. The largest absolute Gasteiger partial charge is 0.297 e. The molecular weight excluding hydrogens is 228 g/mol. The summed E-state index contributed by atoms with van der Waals surface area (Å²) < 4.78 is 0. The van der Waals surface area contributed by atoms with Crippen LogP contribution in [-0.4, -0.2) is 48.4 Å². The fourth-order valence-corrected chi connectivity index (χ4v) is 2.20. The number of benzene rings is 1. The van der Waals surface area contributed by atoms with Crippen molar-refractivity contribution in [1.29, 1.82) is 0 Å². The highest BCUT2D eigenvalue weighted by molar-refractivity contribution is 5.77. The number of amides is 1. The zero-order valence-corrected chi connectivity index (χ0v) is 10.5. The third-order valence-corrected chi connectivity index (χ3v) is 3.24. The van der Waals surface area contributed by atoms with Crippen molar-refractivity contribution >= 4 is 5.91 Å². The molecule has 3 N–H and O–H groups in total. The molecule has 1 aliphatic heterocycles. The average Bonchev–Trinajstić information content (AvgIpc) is 2.42. The minimum atomic E-state index is -0.119. The summed E-state index contributed by atoms with van der Waals surface area (Å²) in [5, 5.41) is 0. The molecule has 0 unspecified atom stereocenters. The van der Waals surface area contributed by atoms with Crippen LogP contribution in [0.2, 0.25) is 0 Å². The maximum Gasteiger partial charge on any atom is 0.248 e. The molecule has 0 aromatic heterocycles. The first-order valence-corrected chi connectivity index (χ1v) is 6.26. The lowest BCUT2D eigenvalue weighted by Crippen LogP contribution is -2.49. The second kappa shape index (κ2) is 6.49. The van der Waals surface area contributed by atoms with Gasteiger partial charge in [0, 0.05) is 32.7 Å². The molecule has 5 nitrogen and oxygen atoms in total. The molecule has 1 heterocycles. The average molecular weight is 248 g/mol. The van der Waals surface area contributed by atoms with Gasteiger partial charge in [0.05, 0.1) is 6.54 Å². The van der Waals surface area contributed by atoms with Crippen molar-refractivity contribution in [3.8, 4) is 0 Å². The first kappa shape index (κ1) is 13.0. The van der Waals surface area contributed by atoms with Crippen LogP contribution in [0.4, 0.5) is 0 Å². The topological polar surface area (TPSA) is 61.6 Å². The Bertz CT molecular complexity index is 374. The molecule has 98 valence electrons. The van der Waals surface area contributed by atoms with E-state index < -0.39 is 0 Å². The Kier molecular flexibility index (Phi) is 4.69. The van der Waals surface area contributed by atoms with Gasteiger partial charge < -0.3 is 0 Å². The van der Waals surface area contributed by atoms with Gasteiger partial charge in [0.15, 0.2) is 0 Å². The van der Waals surface area contributed by atoms with Crippen molar-refractivity contribution in [1.82, 2.24) is 15.2 Å². The molecule has 0 aliphatic carbocycles. The Morgan fingerprint density at radius 2 is 1.72 bits per heavy atom. The monoisotopic (exact) mass is 248 g/mol. The number of piperazine rings is 1. The van der Waals surface area contributed by atoms with E-state index in [4.69, 9.17) is 5.84 Å². The first-order valence-electron chi connectivity index (χ1n) is 6.26. The van der Waals surface area contributed by atoms with Crippen molar-refractivity contribution in [2.45, 2.75) is 6.54 Å². The maximum absolute atomic E-state index is 11.2. The highest BCUT2D eigenvalue weighted by Crippen LogP contribution is 2.07. The van der Waals surface area contributed by atoms with E-state index in [-0.39, 0.29) is 5.91 Å². The normalized spacial score (nSPS) is 17.6. The molecule has 0 spiro atoms. The first-order chi connectivity index (χ1) is 8.78. The van der Waals surface area contributed by atoms with E-state index in [2.05, 4.69) is 39.5 Å². The lowest BCUT2D eigenvalue weighted by molar-refractivity contribution is -0.122. The van der Waals surface area contributed by atoms with Crippen LogP contribution in [0.25, 0.3) is 0 Å². The van der Waals surface area contributed by atoms with Gasteiger partial charge in [-0.25, -0.2) is 5.84 Å². The maximum atomic E-state index is 11.2. The lowest BCUT2D eigenvalue weighted by Gasteiger charge is -2.34. The molecule has 0 bridgehead atoms. The fraction of sp³-hybridized carbons (Fsp3) is 0.462. The van der Waals surface area contributed by atoms with Gasteiger partial charge in [0.1, 0.15) is 0 Å². The van der Waals surface area contributed by atoms with Gasteiger partial charge >= 0.3 is 0 Å². The van der Waals surface area contributed by atoms with Crippen LogP contribution in [0.3, 0.4) is 0 Å². The van der Waals surface area contributed by atoms with Gasteiger partial charge in [-0.2, -0.15) is 0 Å². The molecule has 1 fully saturated rings. The number of hydrogen-bond acceptors (Lipinski definition) is 4. The molecular formula is C13H20N4O. The van der Waals surface area contributed by atoms with Gasteiger partial charge in [-0.05, 0) is 5.56 Å². The zero-order valence-electron chi connectivity index (χ0n) is 10.5. The molecule has 0 atom stereocenters. The van der Waals surface area contributed by atoms with E-state index in [1.807, 2.05) is 6.07 Å². The highest BCUT2D eigenvalue weighted by atomic mass is 16.2. The van der Waals surface area contributed by atoms with Crippen LogP contribution < -0.4 is 11.3 Å². The Hall–Kier alpha value is -1.43. The lowest BCUT2D eigenvalue weighted by atomic mass is 10.2. The third kappa shape index (κ3) is 3.80. The molecule has 1 aromatic carbocycles. The Labute approximate surface area is 108 Å². The smallest absolute Gasteiger partial charge is 0.248 e. The molecule has 2 rings (SSSR count). The van der Waals surface area contributed by atoms with Crippen molar-refractivity contribution in [3.05, 3.63) is 35.9 Å². The quantitative estimate of drug-likeness (QED) is 0.440. The van der Waals surface area contributed by atoms with Crippen LogP contribution in [0, 0.1) is 0 Å². The second-order valence-corrected chi connectivity index (χ2v) is 4.61. The molecule has 5 heteroatoms. The van der Waals surface area contributed by atoms with Crippen LogP contribution in [0.5, 0.6) is 0 Å². The Morgan fingerprint density at radius 1 is 1.11 bits per heavy atom. The summed E-state index contributed by atoms with van der Waals surface area (Å²) in [4.78, 5) is 15.7. The summed E-state index contributed by atoms with van der Waals surface area (Å²) in [7, 11) is 0. The summed E-state index contributed by atoms with van der Waals surface area (Å²) in [5.74, 6) is 4.96. The van der Waals surface area contributed by atoms with Crippen molar-refractivity contribution < 1.29 is 4.79 Å². The van der Waals surface area contributed by atoms with E-state index in [9.17, 15) is 4.79 Å². The summed E-state index contributed by atoms with van der Waals surface area (Å²) in [6.07, 6.45) is 0. The number of nitrogens with two attached hydrogens (primary N) is 1. The number of hydrazine groups is 1. The van der Waals surface area contributed by atoms with Crippen LogP contribution in [0.1, 0.15) is 5.56 Å². The summed E-state index contributed by atoms with van der Waals surface area (Å²) >= 11 is 0. The summed E-state index contributed by atoms with van der Waals surface area (Å²) in [6.45, 7) is 5.20. The molecule has 0 radical (unpaired) electrons. The van der Waals surface area contributed by atoms with E-state index in [0.29, 0.717) is 6.54 Å². The van der Waals surface area contributed by atoms with E-state index in [0.717, 1.165) is 32.7 Å². The molecule has 18 heavy (non-hydrogen) atoms. The minimum Gasteiger partial charge on any atom is -0.297 e. The summed E-state index contributed by atoms with van der Waals surface area (Å²) in [6, 6.07) is 10.5. The minimum absolute atomic E-state index is 0.119. The van der Waals surface area contributed by atoms with Crippen LogP contribution in [-0.2, 0) is 11.3 Å². The van der Waals surface area contributed by atoms with Crippen molar-refractivity contribution in [2.24, 2.45) is 5.84 Å². The molecule has 1 aliphatic rings. The summed E-state index contributed by atoms with van der Waals surface area (Å²) in [5.41, 5.74) is 3.51. The predicted octanol–water partition coefficient (Wildman–Crippen LogP) is -0.206. The Morgan fingerprint density at radius 3 is 2.33 bits per heavy atom. The van der Waals surface area contributed by atoms with Gasteiger partial charge in [-0.3, -0.25) is 20.0 Å². The van der Waals surface area contributed by atoms with E-state index >= 15 is 0 Å². The molecule has 1 saturated heterocycles. The van der Waals surface area contributed by atoms with Crippen LogP contribution in [0.15, 0.2) is 30.3 Å². The molecule has 1 aromatic rings. The van der Waals surface area contributed by atoms with Gasteiger partial charge in [0.25, 0.3) is 0 Å². The predicted molar refractivity (Wildman–Crippen MR) is 70.5 cm³/mol. The van der Waals surface area contributed by atoms with E-state index in [1.165, 1.54) is 5.56 Å².